The molecule has 34 heavy (non-hydrogen) atoms. The van der Waals surface area contributed by atoms with Crippen LogP contribution in [0, 0.1) is 11.3 Å². The maximum absolute atomic E-state index is 11.9. The third-order valence-electron chi connectivity index (χ3n) is 5.71. The number of nitriles is 1. The van der Waals surface area contributed by atoms with Gasteiger partial charge in [-0.05, 0) is 62.9 Å². The van der Waals surface area contributed by atoms with Gasteiger partial charge in [0.1, 0.15) is 11.8 Å². The van der Waals surface area contributed by atoms with Crippen molar-refractivity contribution in [3.05, 3.63) is 48.0 Å². The lowest BCUT2D eigenvalue weighted by Crippen LogP contribution is -2.18. The molecule has 1 fully saturated rings. The van der Waals surface area contributed by atoms with Crippen molar-refractivity contribution in [3.8, 4) is 23.1 Å². The number of anilines is 1. The van der Waals surface area contributed by atoms with Crippen molar-refractivity contribution < 1.29 is 22.7 Å². The minimum absolute atomic E-state index is 0.220. The number of aromatic nitrogens is 1. The van der Waals surface area contributed by atoms with Crippen LogP contribution in [0.1, 0.15) is 44.7 Å². The number of amides is 1. The molecule has 1 saturated carbocycles. The highest BCUT2D eigenvalue weighted by molar-refractivity contribution is 7.90. The summed E-state index contributed by atoms with van der Waals surface area (Å²) in [6.45, 7) is 3.56. The Bertz CT molecular complexity index is 1360. The van der Waals surface area contributed by atoms with E-state index < -0.39 is 21.9 Å². The monoisotopic (exact) mass is 481 g/mol. The third-order valence-corrected chi connectivity index (χ3v) is 6.26. The van der Waals surface area contributed by atoms with Crippen LogP contribution in [0.3, 0.4) is 0 Å². The van der Waals surface area contributed by atoms with Crippen molar-refractivity contribution in [3.63, 3.8) is 0 Å². The summed E-state index contributed by atoms with van der Waals surface area (Å²) in [7, 11) is -3.29. The molecular weight excluding hydrogens is 454 g/mol. The number of hydrogen-bond acceptors (Lipinski definition) is 6. The Labute approximate surface area is 199 Å². The van der Waals surface area contributed by atoms with Gasteiger partial charge in [-0.2, -0.15) is 5.26 Å². The summed E-state index contributed by atoms with van der Waals surface area (Å²) in [4.78, 5) is 11.9. The highest BCUT2D eigenvalue weighted by atomic mass is 32.2. The Kier molecular flexibility index (Phi) is 6.53. The van der Waals surface area contributed by atoms with E-state index in [0.29, 0.717) is 17.0 Å². The Hall–Kier alpha value is -3.51. The number of ether oxygens (including phenoxy) is 2. The first kappa shape index (κ1) is 23.6. The average Bonchev–Trinajstić information content (AvgIpc) is 3.04. The van der Waals surface area contributed by atoms with Gasteiger partial charge in [-0.1, -0.05) is 12.1 Å². The molecule has 4 rings (SSSR count). The maximum atomic E-state index is 11.9. The molecule has 0 bridgehead atoms. The third kappa shape index (κ3) is 5.02. The number of carbonyl (C=O) groups is 1. The fourth-order valence-electron chi connectivity index (χ4n) is 4.05. The summed E-state index contributed by atoms with van der Waals surface area (Å²) in [6.07, 6.45) is 3.48. The lowest BCUT2D eigenvalue weighted by Gasteiger charge is -2.30. The summed E-state index contributed by atoms with van der Waals surface area (Å²) in [5, 5.41) is 13.5. The van der Waals surface area contributed by atoms with E-state index in [1.54, 1.807) is 38.1 Å². The van der Waals surface area contributed by atoms with E-state index in [0.717, 1.165) is 47.7 Å². The minimum atomic E-state index is -3.29. The topological polar surface area (TPSA) is 110 Å². The van der Waals surface area contributed by atoms with Gasteiger partial charge in [0.15, 0.2) is 15.8 Å². The summed E-state index contributed by atoms with van der Waals surface area (Å²) < 4.78 is 35.8. The van der Waals surface area contributed by atoms with Gasteiger partial charge < -0.3 is 14.0 Å². The molecule has 1 aliphatic rings. The van der Waals surface area contributed by atoms with Crippen LogP contribution in [-0.4, -0.2) is 37.4 Å². The van der Waals surface area contributed by atoms with Crippen molar-refractivity contribution in [1.29, 1.82) is 5.26 Å². The SMILES string of the molecule is CC(C)OC(=O)Nc1ccc(-c2c(C#N)c3ccc(OCS(C)(=O)=O)cc3n2C2CCC2)cc1. The lowest BCUT2D eigenvalue weighted by atomic mass is 9.92. The fourth-order valence-corrected chi connectivity index (χ4v) is 4.40. The highest BCUT2D eigenvalue weighted by Crippen LogP contribution is 2.43. The predicted molar refractivity (Wildman–Crippen MR) is 131 cm³/mol. The average molecular weight is 482 g/mol. The number of sulfone groups is 1. The smallest absolute Gasteiger partial charge is 0.411 e. The van der Waals surface area contributed by atoms with Crippen LogP contribution >= 0.6 is 0 Å². The minimum Gasteiger partial charge on any atom is -0.478 e. The van der Waals surface area contributed by atoms with Crippen LogP contribution < -0.4 is 10.1 Å². The number of nitrogens with one attached hydrogen (secondary N) is 1. The molecule has 0 aliphatic heterocycles. The van der Waals surface area contributed by atoms with Crippen LogP contribution in [-0.2, 0) is 14.6 Å². The van der Waals surface area contributed by atoms with Gasteiger partial charge in [-0.3, -0.25) is 5.32 Å². The largest absolute Gasteiger partial charge is 0.478 e. The van der Waals surface area contributed by atoms with Crippen molar-refractivity contribution in [2.24, 2.45) is 0 Å². The molecule has 0 atom stereocenters. The first-order valence-corrected chi connectivity index (χ1v) is 13.2. The second-order valence-electron chi connectivity index (χ2n) is 8.81. The molecule has 178 valence electrons. The number of rotatable bonds is 7. The number of carbonyl (C=O) groups excluding carboxylic acids is 1. The van der Waals surface area contributed by atoms with Crippen LogP contribution in [0.5, 0.6) is 5.75 Å². The molecule has 0 spiro atoms. The van der Waals surface area contributed by atoms with Gasteiger partial charge in [0.2, 0.25) is 0 Å². The van der Waals surface area contributed by atoms with Crippen LogP contribution in [0.2, 0.25) is 0 Å². The summed E-state index contributed by atoms with van der Waals surface area (Å²) in [5.41, 5.74) is 3.64. The van der Waals surface area contributed by atoms with Gasteiger partial charge in [0.25, 0.3) is 0 Å². The van der Waals surface area contributed by atoms with E-state index >= 15 is 0 Å². The normalized spacial score (nSPS) is 14.0. The molecule has 1 amide bonds. The van der Waals surface area contributed by atoms with Crippen molar-refractivity contribution in [2.75, 3.05) is 17.5 Å². The zero-order valence-electron chi connectivity index (χ0n) is 19.4. The quantitative estimate of drug-likeness (QED) is 0.494. The Balaban J connectivity index is 1.75. The number of fused-ring (bicyclic) bond motifs is 1. The molecule has 0 unspecified atom stereocenters. The van der Waals surface area contributed by atoms with Crippen molar-refractivity contribution >= 4 is 32.5 Å². The van der Waals surface area contributed by atoms with Gasteiger partial charge in [-0.15, -0.1) is 0 Å². The maximum Gasteiger partial charge on any atom is 0.411 e. The molecule has 0 radical (unpaired) electrons. The molecule has 1 aliphatic carbocycles. The van der Waals surface area contributed by atoms with E-state index in [4.69, 9.17) is 9.47 Å². The highest BCUT2D eigenvalue weighted by Gasteiger charge is 2.28. The van der Waals surface area contributed by atoms with Gasteiger partial charge in [-0.25, -0.2) is 13.2 Å². The second kappa shape index (κ2) is 9.39. The van der Waals surface area contributed by atoms with Crippen LogP contribution in [0.4, 0.5) is 10.5 Å². The fraction of sp³-hybridized carbons (Fsp3) is 0.360. The Morgan fingerprint density at radius 2 is 1.91 bits per heavy atom. The summed E-state index contributed by atoms with van der Waals surface area (Å²) in [6, 6.07) is 15.2. The predicted octanol–water partition coefficient (Wildman–Crippen LogP) is 5.24. The standard InChI is InChI=1S/C25H27N3O5S/c1-16(2)33-25(29)27-18-9-7-17(8-10-18)24-22(14-26)21-12-11-20(32-15-34(3,30)31)13-23(21)28(24)19-5-4-6-19/h7-13,16,19H,4-6,15H2,1-3H3,(H,27,29). The molecular formula is C25H27N3O5S. The van der Waals surface area contributed by atoms with E-state index in [1.807, 2.05) is 18.2 Å². The van der Waals surface area contributed by atoms with Gasteiger partial charge in [0.05, 0.1) is 22.9 Å². The number of hydrogen-bond donors (Lipinski definition) is 1. The second-order valence-corrected chi connectivity index (χ2v) is 10.9. The summed E-state index contributed by atoms with van der Waals surface area (Å²) >= 11 is 0. The Morgan fingerprint density at radius 1 is 1.21 bits per heavy atom. The molecule has 1 heterocycles. The molecule has 8 nitrogen and oxygen atoms in total. The Morgan fingerprint density at radius 3 is 2.47 bits per heavy atom. The van der Waals surface area contributed by atoms with Gasteiger partial charge >= 0.3 is 6.09 Å². The van der Waals surface area contributed by atoms with Crippen molar-refractivity contribution in [2.45, 2.75) is 45.3 Å². The molecule has 9 heteroatoms. The van der Waals surface area contributed by atoms with Gasteiger partial charge in [0, 0.05) is 29.4 Å². The molecule has 1 aromatic heterocycles. The molecule has 3 aromatic rings. The zero-order chi connectivity index (χ0) is 24.5. The molecule has 0 saturated heterocycles. The van der Waals surface area contributed by atoms with Crippen LogP contribution in [0.15, 0.2) is 42.5 Å². The van der Waals surface area contributed by atoms with E-state index in [2.05, 4.69) is 16.0 Å². The first-order chi connectivity index (χ1) is 16.2. The number of nitrogens with zero attached hydrogens (tertiary/aromatic N) is 2. The lowest BCUT2D eigenvalue weighted by molar-refractivity contribution is 0.130. The van der Waals surface area contributed by atoms with E-state index in [-0.39, 0.29) is 12.1 Å². The van der Waals surface area contributed by atoms with Crippen LogP contribution in [0.25, 0.3) is 22.2 Å². The summed E-state index contributed by atoms with van der Waals surface area (Å²) in [5.74, 6) is 0.0316. The molecule has 2 aromatic carbocycles. The first-order valence-electron chi connectivity index (χ1n) is 11.1. The van der Waals surface area contributed by atoms with E-state index in [9.17, 15) is 18.5 Å². The zero-order valence-corrected chi connectivity index (χ0v) is 20.2. The molecule has 1 N–H and O–H groups in total. The van der Waals surface area contributed by atoms with E-state index in [1.165, 1.54) is 0 Å². The number of benzene rings is 2. The van der Waals surface area contributed by atoms with Crippen molar-refractivity contribution in [1.82, 2.24) is 4.57 Å².